The Labute approximate surface area is 126 Å². The van der Waals surface area contributed by atoms with Crippen LogP contribution in [0, 0.1) is 0 Å². The van der Waals surface area contributed by atoms with Crippen molar-refractivity contribution < 1.29 is 9.59 Å². The molecule has 1 aliphatic rings. The number of carbonyl (C=O) groups excluding carboxylic acids is 2. The fourth-order valence-electron chi connectivity index (χ4n) is 2.87. The van der Waals surface area contributed by atoms with Crippen LogP contribution in [-0.2, 0) is 0 Å². The van der Waals surface area contributed by atoms with E-state index in [1.54, 1.807) is 12.4 Å². The molecule has 2 N–H and O–H groups in total. The zero-order valence-corrected chi connectivity index (χ0v) is 11.7. The molecule has 2 aromatic heterocycles. The van der Waals surface area contributed by atoms with E-state index in [1.807, 2.05) is 30.3 Å². The quantitative estimate of drug-likeness (QED) is 0.723. The Morgan fingerprint density at radius 1 is 1.09 bits per heavy atom. The fraction of sp³-hybridized carbons (Fsp3) is 0.118. The molecule has 0 saturated carbocycles. The molecule has 3 aromatic rings. The third-order valence-electron chi connectivity index (χ3n) is 3.94. The highest BCUT2D eigenvalue weighted by Crippen LogP contribution is 2.29. The summed E-state index contributed by atoms with van der Waals surface area (Å²) in [5, 5.41) is 3.53. The smallest absolute Gasteiger partial charge is 0.268 e. The number of nitrogens with one attached hydrogen (secondary N) is 2. The number of benzene rings is 1. The Hall–Kier alpha value is -2.95. The van der Waals surface area contributed by atoms with E-state index in [0.717, 1.165) is 22.0 Å². The highest BCUT2D eigenvalue weighted by atomic mass is 16.2. The standard InChI is InChI=1S/C17H13N3O2/c21-14-5-7-19-17(22)16-15(14)12-8-10(3-4-13(12)20-16)11-2-1-6-18-9-11/h1-4,6,8-9,20H,5,7H2,(H,19,22). The minimum absolute atomic E-state index is 0.0112. The molecule has 0 atom stereocenters. The van der Waals surface area contributed by atoms with Gasteiger partial charge in [0.15, 0.2) is 5.78 Å². The number of pyridine rings is 1. The largest absolute Gasteiger partial charge is 0.350 e. The number of hydrogen-bond acceptors (Lipinski definition) is 3. The molecule has 5 heteroatoms. The van der Waals surface area contributed by atoms with Crippen LogP contribution in [0.25, 0.3) is 22.0 Å². The minimum atomic E-state index is -0.222. The molecule has 0 spiro atoms. The van der Waals surface area contributed by atoms with E-state index in [1.165, 1.54) is 0 Å². The second kappa shape index (κ2) is 4.80. The van der Waals surface area contributed by atoms with Crippen molar-refractivity contribution in [2.75, 3.05) is 6.54 Å². The molecule has 0 aliphatic carbocycles. The highest BCUT2D eigenvalue weighted by molar-refractivity contribution is 6.17. The van der Waals surface area contributed by atoms with Crippen LogP contribution >= 0.6 is 0 Å². The number of aromatic amines is 1. The summed E-state index contributed by atoms with van der Waals surface area (Å²) in [5.74, 6) is -0.233. The maximum absolute atomic E-state index is 12.3. The van der Waals surface area contributed by atoms with Crippen molar-refractivity contribution in [1.29, 1.82) is 0 Å². The Balaban J connectivity index is 1.97. The number of ketones is 1. The van der Waals surface area contributed by atoms with E-state index < -0.39 is 0 Å². The summed E-state index contributed by atoms with van der Waals surface area (Å²) in [7, 11) is 0. The van der Waals surface area contributed by atoms with Gasteiger partial charge in [-0.2, -0.15) is 0 Å². The molecule has 3 heterocycles. The molecule has 1 amide bonds. The summed E-state index contributed by atoms with van der Waals surface area (Å²) in [6, 6.07) is 9.63. The summed E-state index contributed by atoms with van der Waals surface area (Å²) in [6.45, 7) is 0.379. The predicted molar refractivity (Wildman–Crippen MR) is 82.8 cm³/mol. The van der Waals surface area contributed by atoms with E-state index in [2.05, 4.69) is 15.3 Å². The Kier molecular flexibility index (Phi) is 2.79. The number of H-pyrrole nitrogens is 1. The number of Topliss-reactive ketones (excluding diaryl/α,β-unsaturated/α-hetero) is 1. The maximum atomic E-state index is 12.3. The number of amides is 1. The van der Waals surface area contributed by atoms with Crippen LogP contribution in [0.4, 0.5) is 0 Å². The van der Waals surface area contributed by atoms with Crippen molar-refractivity contribution in [2.45, 2.75) is 6.42 Å². The van der Waals surface area contributed by atoms with Gasteiger partial charge in [-0.05, 0) is 23.8 Å². The van der Waals surface area contributed by atoms with Gasteiger partial charge in [0, 0.05) is 41.8 Å². The van der Waals surface area contributed by atoms with Crippen LogP contribution in [0.1, 0.15) is 27.3 Å². The lowest BCUT2D eigenvalue weighted by Crippen LogP contribution is -2.23. The lowest BCUT2D eigenvalue weighted by Gasteiger charge is -2.02. The lowest BCUT2D eigenvalue weighted by atomic mass is 10.0. The zero-order chi connectivity index (χ0) is 15.1. The van der Waals surface area contributed by atoms with Gasteiger partial charge >= 0.3 is 0 Å². The van der Waals surface area contributed by atoms with Gasteiger partial charge in [0.25, 0.3) is 5.91 Å². The van der Waals surface area contributed by atoms with Crippen molar-refractivity contribution >= 4 is 22.6 Å². The molecule has 0 radical (unpaired) electrons. The average Bonchev–Trinajstić information content (AvgIpc) is 2.87. The molecule has 0 unspecified atom stereocenters. The SMILES string of the molecule is O=C1NCCC(=O)c2c1[nH]c1ccc(-c3cccnc3)cc21. The number of carbonyl (C=O) groups is 2. The van der Waals surface area contributed by atoms with Crippen molar-refractivity contribution in [3.63, 3.8) is 0 Å². The van der Waals surface area contributed by atoms with E-state index >= 15 is 0 Å². The normalized spacial score (nSPS) is 14.5. The van der Waals surface area contributed by atoms with Gasteiger partial charge in [0.05, 0.1) is 5.56 Å². The first-order valence-corrected chi connectivity index (χ1v) is 7.11. The van der Waals surface area contributed by atoms with Gasteiger partial charge in [-0.25, -0.2) is 0 Å². The van der Waals surface area contributed by atoms with Crippen LogP contribution in [0.2, 0.25) is 0 Å². The summed E-state index contributed by atoms with van der Waals surface area (Å²) < 4.78 is 0. The lowest BCUT2D eigenvalue weighted by molar-refractivity contribution is 0.0952. The Bertz CT molecular complexity index is 897. The molecule has 5 nitrogen and oxygen atoms in total. The average molecular weight is 291 g/mol. The van der Waals surface area contributed by atoms with Crippen molar-refractivity contribution in [3.8, 4) is 11.1 Å². The van der Waals surface area contributed by atoms with Gasteiger partial charge in [-0.15, -0.1) is 0 Å². The second-order valence-electron chi connectivity index (χ2n) is 5.31. The highest BCUT2D eigenvalue weighted by Gasteiger charge is 2.25. The third-order valence-corrected chi connectivity index (χ3v) is 3.94. The van der Waals surface area contributed by atoms with Crippen LogP contribution in [0.15, 0.2) is 42.7 Å². The summed E-state index contributed by atoms with van der Waals surface area (Å²) >= 11 is 0. The third kappa shape index (κ3) is 1.90. The Morgan fingerprint density at radius 3 is 2.82 bits per heavy atom. The molecular formula is C17H13N3O2. The van der Waals surface area contributed by atoms with Crippen LogP contribution in [0.5, 0.6) is 0 Å². The van der Waals surface area contributed by atoms with Gasteiger partial charge < -0.3 is 10.3 Å². The summed E-state index contributed by atoms with van der Waals surface area (Å²) in [6.07, 6.45) is 3.82. The Morgan fingerprint density at radius 2 is 2.00 bits per heavy atom. The van der Waals surface area contributed by atoms with Gasteiger partial charge in [-0.3, -0.25) is 14.6 Å². The molecular weight excluding hydrogens is 278 g/mol. The van der Waals surface area contributed by atoms with Gasteiger partial charge in [0.1, 0.15) is 5.69 Å². The number of hydrogen-bond donors (Lipinski definition) is 2. The molecule has 1 aliphatic heterocycles. The molecule has 108 valence electrons. The first kappa shape index (κ1) is 12.8. The number of nitrogens with zero attached hydrogens (tertiary/aromatic N) is 1. The van der Waals surface area contributed by atoms with Crippen molar-refractivity contribution in [3.05, 3.63) is 54.0 Å². The molecule has 22 heavy (non-hydrogen) atoms. The number of fused-ring (bicyclic) bond motifs is 3. The zero-order valence-electron chi connectivity index (χ0n) is 11.7. The van der Waals surface area contributed by atoms with Gasteiger partial charge in [0.2, 0.25) is 0 Å². The van der Waals surface area contributed by atoms with E-state index in [9.17, 15) is 9.59 Å². The molecule has 1 aromatic carbocycles. The summed E-state index contributed by atoms with van der Waals surface area (Å²) in [5.41, 5.74) is 3.60. The van der Waals surface area contributed by atoms with Gasteiger partial charge in [-0.1, -0.05) is 12.1 Å². The predicted octanol–water partition coefficient (Wildman–Crippen LogP) is 2.55. The second-order valence-corrected chi connectivity index (χ2v) is 5.31. The van der Waals surface area contributed by atoms with Crippen LogP contribution < -0.4 is 5.32 Å². The van der Waals surface area contributed by atoms with Crippen LogP contribution in [-0.4, -0.2) is 28.2 Å². The molecule has 0 bridgehead atoms. The van der Waals surface area contributed by atoms with E-state index in [-0.39, 0.29) is 11.7 Å². The summed E-state index contributed by atoms with van der Waals surface area (Å²) in [4.78, 5) is 31.6. The maximum Gasteiger partial charge on any atom is 0.268 e. The van der Waals surface area contributed by atoms with Crippen molar-refractivity contribution in [2.24, 2.45) is 0 Å². The van der Waals surface area contributed by atoms with Crippen molar-refractivity contribution in [1.82, 2.24) is 15.3 Å². The first-order chi connectivity index (χ1) is 10.7. The molecule has 4 rings (SSSR count). The molecule has 0 fully saturated rings. The first-order valence-electron chi connectivity index (χ1n) is 7.11. The van der Waals surface area contributed by atoms with E-state index in [0.29, 0.717) is 24.2 Å². The number of rotatable bonds is 1. The monoisotopic (exact) mass is 291 g/mol. The van der Waals surface area contributed by atoms with E-state index in [4.69, 9.17) is 0 Å². The minimum Gasteiger partial charge on any atom is -0.350 e. The fourth-order valence-corrected chi connectivity index (χ4v) is 2.87. The molecule has 0 saturated heterocycles. The number of aromatic nitrogens is 2. The van der Waals surface area contributed by atoms with Crippen LogP contribution in [0.3, 0.4) is 0 Å². The topological polar surface area (TPSA) is 74.8 Å².